The number of aliphatic hydroxyl groups excluding tert-OH is 1. The summed E-state index contributed by atoms with van der Waals surface area (Å²) in [7, 11) is 0. The Hall–Kier alpha value is -4.50. The number of aromatic amines is 1. The maximum atomic E-state index is 13.1. The second-order valence-corrected chi connectivity index (χ2v) is 8.62. The molecule has 206 valence electrons. The number of primary amides is 1. The molecule has 15 heteroatoms. The number of carboxylic acid groups (broad SMARTS) is 1. The van der Waals surface area contributed by atoms with Gasteiger partial charge in [-0.1, -0.05) is 12.1 Å². The number of aliphatic hydroxyl groups is 1. The third-order valence-electron chi connectivity index (χ3n) is 5.42. The van der Waals surface area contributed by atoms with E-state index in [1.54, 1.807) is 0 Å². The highest BCUT2D eigenvalue weighted by Crippen LogP contribution is 2.12. The van der Waals surface area contributed by atoms with Gasteiger partial charge in [-0.05, 0) is 24.6 Å². The number of nitrogens with two attached hydrogens (primary N) is 2. The number of benzene rings is 1. The molecule has 0 fully saturated rings. The highest BCUT2D eigenvalue weighted by atomic mass is 16.4. The van der Waals surface area contributed by atoms with Crippen molar-refractivity contribution in [1.82, 2.24) is 25.9 Å². The number of H-pyrrole nitrogens is 1. The van der Waals surface area contributed by atoms with Crippen LogP contribution in [0, 0.1) is 0 Å². The number of nitrogens with one attached hydrogen (secondary N) is 4. The number of amides is 4. The summed E-state index contributed by atoms with van der Waals surface area (Å²) in [5.74, 6) is -4.96. The fourth-order valence-corrected chi connectivity index (χ4v) is 3.40. The quantitative estimate of drug-likeness (QED) is 0.119. The van der Waals surface area contributed by atoms with Gasteiger partial charge in [-0.2, -0.15) is 0 Å². The van der Waals surface area contributed by atoms with Crippen LogP contribution in [-0.2, 0) is 36.8 Å². The van der Waals surface area contributed by atoms with Crippen molar-refractivity contribution in [3.8, 4) is 5.75 Å². The Kier molecular flexibility index (Phi) is 10.7. The number of carbonyl (C=O) groups excluding carboxylic acids is 4. The molecule has 11 N–H and O–H groups in total. The predicted octanol–water partition coefficient (Wildman–Crippen LogP) is -2.98. The molecule has 5 unspecified atom stereocenters. The van der Waals surface area contributed by atoms with Crippen molar-refractivity contribution >= 4 is 29.6 Å². The lowest BCUT2D eigenvalue weighted by atomic mass is 10.0. The first kappa shape index (κ1) is 29.7. The Morgan fingerprint density at radius 2 is 1.61 bits per heavy atom. The number of hydrogen-bond donors (Lipinski definition) is 9. The molecule has 5 atom stereocenters. The van der Waals surface area contributed by atoms with Crippen LogP contribution in [0.3, 0.4) is 0 Å². The van der Waals surface area contributed by atoms with Crippen molar-refractivity contribution in [1.29, 1.82) is 0 Å². The summed E-state index contributed by atoms with van der Waals surface area (Å²) in [4.78, 5) is 67.9. The van der Waals surface area contributed by atoms with Crippen LogP contribution in [0.5, 0.6) is 5.75 Å². The van der Waals surface area contributed by atoms with Crippen molar-refractivity contribution in [3.05, 3.63) is 48.0 Å². The molecule has 0 aliphatic heterocycles. The summed E-state index contributed by atoms with van der Waals surface area (Å²) in [6.07, 6.45) is 0.557. The van der Waals surface area contributed by atoms with E-state index in [2.05, 4.69) is 25.9 Å². The van der Waals surface area contributed by atoms with Crippen molar-refractivity contribution in [2.24, 2.45) is 11.5 Å². The third-order valence-corrected chi connectivity index (χ3v) is 5.42. The van der Waals surface area contributed by atoms with Crippen molar-refractivity contribution < 1.29 is 39.3 Å². The number of nitrogens with zero attached hydrogens (tertiary/aromatic N) is 1. The average molecular weight is 534 g/mol. The Balaban J connectivity index is 2.16. The summed E-state index contributed by atoms with van der Waals surface area (Å²) >= 11 is 0. The van der Waals surface area contributed by atoms with Gasteiger partial charge in [-0.3, -0.25) is 19.2 Å². The second kappa shape index (κ2) is 13.7. The predicted molar refractivity (Wildman–Crippen MR) is 131 cm³/mol. The number of rotatable bonds is 14. The molecule has 0 aliphatic rings. The number of carboxylic acids is 1. The van der Waals surface area contributed by atoms with E-state index in [1.807, 2.05) is 0 Å². The van der Waals surface area contributed by atoms with Gasteiger partial charge >= 0.3 is 5.97 Å². The summed E-state index contributed by atoms with van der Waals surface area (Å²) < 4.78 is 0. The molecule has 0 saturated carbocycles. The lowest BCUT2D eigenvalue weighted by Crippen LogP contribution is -2.60. The zero-order valence-corrected chi connectivity index (χ0v) is 20.5. The molecule has 2 rings (SSSR count). The second-order valence-electron chi connectivity index (χ2n) is 8.62. The Labute approximate surface area is 217 Å². The van der Waals surface area contributed by atoms with Crippen LogP contribution < -0.4 is 27.4 Å². The van der Waals surface area contributed by atoms with E-state index in [1.165, 1.54) is 43.7 Å². The van der Waals surface area contributed by atoms with Crippen LogP contribution in [0.15, 0.2) is 36.8 Å². The van der Waals surface area contributed by atoms with Gasteiger partial charge in [0.2, 0.25) is 23.6 Å². The zero-order valence-electron chi connectivity index (χ0n) is 20.5. The number of phenols is 1. The molecular formula is C23H31N7O8. The number of aromatic nitrogens is 2. The molecule has 1 heterocycles. The normalized spacial score (nSPS) is 14.8. The number of carbonyl (C=O) groups is 5. The lowest BCUT2D eigenvalue weighted by molar-refractivity contribution is -0.143. The number of aliphatic carboxylic acids is 1. The molecule has 1 aromatic heterocycles. The summed E-state index contributed by atoms with van der Waals surface area (Å²) in [5.41, 5.74) is 11.7. The van der Waals surface area contributed by atoms with E-state index >= 15 is 0 Å². The van der Waals surface area contributed by atoms with Crippen LogP contribution in [0.25, 0.3) is 0 Å². The smallest absolute Gasteiger partial charge is 0.326 e. The van der Waals surface area contributed by atoms with Gasteiger partial charge in [-0.25, -0.2) is 9.78 Å². The van der Waals surface area contributed by atoms with Crippen LogP contribution in [0.2, 0.25) is 0 Å². The minimum Gasteiger partial charge on any atom is -0.508 e. The van der Waals surface area contributed by atoms with Crippen LogP contribution in [0.1, 0.15) is 24.6 Å². The lowest BCUT2D eigenvalue weighted by Gasteiger charge is -2.26. The van der Waals surface area contributed by atoms with Gasteiger partial charge in [0, 0.05) is 24.7 Å². The molecule has 0 radical (unpaired) electrons. The van der Waals surface area contributed by atoms with Gasteiger partial charge in [0.15, 0.2) is 0 Å². The van der Waals surface area contributed by atoms with E-state index in [0.717, 1.165) is 0 Å². The van der Waals surface area contributed by atoms with Gasteiger partial charge in [0.05, 0.1) is 24.9 Å². The van der Waals surface area contributed by atoms with E-state index in [4.69, 9.17) is 11.5 Å². The van der Waals surface area contributed by atoms with Crippen LogP contribution in [0.4, 0.5) is 0 Å². The monoisotopic (exact) mass is 533 g/mol. The fourth-order valence-electron chi connectivity index (χ4n) is 3.40. The minimum atomic E-state index is -1.59. The molecule has 4 amide bonds. The molecule has 0 aliphatic carbocycles. The summed E-state index contributed by atoms with van der Waals surface area (Å²) in [5, 5.41) is 36.1. The van der Waals surface area contributed by atoms with E-state index in [9.17, 15) is 39.3 Å². The summed E-state index contributed by atoms with van der Waals surface area (Å²) in [6.45, 7) is 1.21. The largest absolute Gasteiger partial charge is 0.508 e. The minimum absolute atomic E-state index is 0.0195. The molecule has 15 nitrogen and oxygen atoms in total. The van der Waals surface area contributed by atoms with Crippen molar-refractivity contribution in [2.45, 2.75) is 56.5 Å². The van der Waals surface area contributed by atoms with E-state index in [-0.39, 0.29) is 18.6 Å². The third kappa shape index (κ3) is 9.18. The Bertz CT molecular complexity index is 1120. The molecule has 0 saturated heterocycles. The highest BCUT2D eigenvalue weighted by molar-refractivity contribution is 5.95. The van der Waals surface area contributed by atoms with Crippen molar-refractivity contribution in [3.63, 3.8) is 0 Å². The van der Waals surface area contributed by atoms with Gasteiger partial charge in [0.25, 0.3) is 0 Å². The SMILES string of the molecule is CC(O)C(NC(=O)C(Cc1cnc[nH]1)NC(=O)C(N)CC(N)=O)C(=O)NC(Cc1ccc(O)cc1)C(=O)O. The van der Waals surface area contributed by atoms with Crippen LogP contribution >= 0.6 is 0 Å². The molecular weight excluding hydrogens is 502 g/mol. The van der Waals surface area contributed by atoms with Gasteiger partial charge in [-0.15, -0.1) is 0 Å². The van der Waals surface area contributed by atoms with Gasteiger partial charge in [0.1, 0.15) is 23.9 Å². The summed E-state index contributed by atoms with van der Waals surface area (Å²) in [6, 6.07) is 0.0204. The standard InChI is InChI=1S/C23H31N7O8/c1-11(31)19(22(36)29-17(23(37)38)6-12-2-4-14(32)5-3-12)30-21(35)16(7-13-9-26-10-27-13)28-20(34)15(24)8-18(25)33/h2-5,9-11,15-17,19,31-32H,6-8,24H2,1H3,(H2,25,33)(H,26,27)(H,28,34)(H,29,36)(H,30,35)(H,37,38). The molecule has 0 bridgehead atoms. The highest BCUT2D eigenvalue weighted by Gasteiger charge is 2.33. The number of imidazole rings is 1. The van der Waals surface area contributed by atoms with Crippen LogP contribution in [-0.4, -0.2) is 85.2 Å². The fraction of sp³-hybridized carbons (Fsp3) is 0.391. The van der Waals surface area contributed by atoms with E-state index in [0.29, 0.717) is 11.3 Å². The first-order chi connectivity index (χ1) is 17.9. The maximum absolute atomic E-state index is 13.1. The number of aromatic hydroxyl groups is 1. The number of hydrogen-bond acceptors (Lipinski definition) is 9. The van der Waals surface area contributed by atoms with Crippen molar-refractivity contribution in [2.75, 3.05) is 0 Å². The Morgan fingerprint density at radius 1 is 0.974 bits per heavy atom. The first-order valence-electron chi connectivity index (χ1n) is 11.5. The Morgan fingerprint density at radius 3 is 2.13 bits per heavy atom. The zero-order chi connectivity index (χ0) is 28.4. The maximum Gasteiger partial charge on any atom is 0.326 e. The topological polar surface area (TPSA) is 263 Å². The average Bonchev–Trinajstić information content (AvgIpc) is 3.35. The molecule has 2 aromatic rings. The number of phenolic OH excluding ortho intramolecular Hbond substituents is 1. The van der Waals surface area contributed by atoms with E-state index < -0.39 is 66.3 Å². The first-order valence-corrected chi connectivity index (χ1v) is 11.5. The van der Waals surface area contributed by atoms with Gasteiger partial charge < -0.3 is 47.7 Å². The molecule has 0 spiro atoms. The molecule has 1 aromatic carbocycles. The molecule has 38 heavy (non-hydrogen) atoms.